The SMILES string of the molecule is O=C(CC1CCCCCC1)NCCCCO. The molecule has 0 radical (unpaired) electrons. The predicted molar refractivity (Wildman–Crippen MR) is 65.1 cm³/mol. The summed E-state index contributed by atoms with van der Waals surface area (Å²) in [5.41, 5.74) is 0. The Hall–Kier alpha value is -0.570. The molecule has 94 valence electrons. The third-order valence-electron chi connectivity index (χ3n) is 3.36. The van der Waals surface area contributed by atoms with E-state index in [1.54, 1.807) is 0 Å². The first kappa shape index (κ1) is 13.5. The van der Waals surface area contributed by atoms with Gasteiger partial charge < -0.3 is 10.4 Å². The molecular formula is C13H25NO2. The second-order valence-corrected chi connectivity index (χ2v) is 4.84. The van der Waals surface area contributed by atoms with Crippen LogP contribution in [0.4, 0.5) is 0 Å². The highest BCUT2D eigenvalue weighted by molar-refractivity contribution is 5.76. The Morgan fingerprint density at radius 3 is 2.44 bits per heavy atom. The zero-order valence-electron chi connectivity index (χ0n) is 10.2. The molecule has 1 amide bonds. The molecule has 1 aliphatic rings. The summed E-state index contributed by atoms with van der Waals surface area (Å²) in [6, 6.07) is 0. The summed E-state index contributed by atoms with van der Waals surface area (Å²) in [5.74, 6) is 0.810. The number of carbonyl (C=O) groups is 1. The van der Waals surface area contributed by atoms with Gasteiger partial charge in [-0.2, -0.15) is 0 Å². The number of carbonyl (C=O) groups excluding carboxylic acids is 1. The van der Waals surface area contributed by atoms with Crippen molar-refractivity contribution in [1.29, 1.82) is 0 Å². The molecular weight excluding hydrogens is 202 g/mol. The molecule has 0 spiro atoms. The van der Waals surface area contributed by atoms with Crippen molar-refractivity contribution in [2.45, 2.75) is 57.8 Å². The Morgan fingerprint density at radius 1 is 1.12 bits per heavy atom. The summed E-state index contributed by atoms with van der Waals surface area (Å²) in [6.07, 6.45) is 10.1. The number of unbranched alkanes of at least 4 members (excludes halogenated alkanes) is 1. The first-order valence-corrected chi connectivity index (χ1v) is 6.70. The summed E-state index contributed by atoms with van der Waals surface area (Å²) in [4.78, 5) is 11.6. The van der Waals surface area contributed by atoms with Crippen LogP contribution in [-0.4, -0.2) is 24.2 Å². The molecule has 0 aromatic heterocycles. The van der Waals surface area contributed by atoms with Crippen LogP contribution in [0.5, 0.6) is 0 Å². The molecule has 0 bridgehead atoms. The molecule has 1 fully saturated rings. The summed E-state index contributed by atoms with van der Waals surface area (Å²) in [7, 11) is 0. The number of hydrogen-bond acceptors (Lipinski definition) is 2. The van der Waals surface area contributed by atoms with Gasteiger partial charge in [0.25, 0.3) is 0 Å². The van der Waals surface area contributed by atoms with Crippen molar-refractivity contribution >= 4 is 5.91 Å². The van der Waals surface area contributed by atoms with Gasteiger partial charge in [0.05, 0.1) is 0 Å². The average molecular weight is 227 g/mol. The molecule has 0 heterocycles. The molecule has 3 nitrogen and oxygen atoms in total. The fraction of sp³-hybridized carbons (Fsp3) is 0.923. The number of aliphatic hydroxyl groups is 1. The lowest BCUT2D eigenvalue weighted by molar-refractivity contribution is -0.122. The van der Waals surface area contributed by atoms with Crippen molar-refractivity contribution in [2.75, 3.05) is 13.2 Å². The molecule has 3 heteroatoms. The van der Waals surface area contributed by atoms with Crippen LogP contribution in [0.15, 0.2) is 0 Å². The first-order chi connectivity index (χ1) is 7.83. The maximum Gasteiger partial charge on any atom is 0.220 e. The second-order valence-electron chi connectivity index (χ2n) is 4.84. The van der Waals surface area contributed by atoms with E-state index in [9.17, 15) is 4.79 Å². The van der Waals surface area contributed by atoms with Gasteiger partial charge in [-0.05, 0) is 31.6 Å². The number of aliphatic hydroxyl groups excluding tert-OH is 1. The Bertz CT molecular complexity index is 186. The van der Waals surface area contributed by atoms with E-state index < -0.39 is 0 Å². The van der Waals surface area contributed by atoms with E-state index in [1.807, 2.05) is 0 Å². The van der Waals surface area contributed by atoms with E-state index in [1.165, 1.54) is 38.5 Å². The lowest BCUT2D eigenvalue weighted by Crippen LogP contribution is -2.26. The Labute approximate surface area is 98.6 Å². The van der Waals surface area contributed by atoms with E-state index in [-0.39, 0.29) is 12.5 Å². The van der Waals surface area contributed by atoms with Gasteiger partial charge in [-0.3, -0.25) is 4.79 Å². The maximum atomic E-state index is 11.6. The molecule has 0 atom stereocenters. The summed E-state index contributed by atoms with van der Waals surface area (Å²) >= 11 is 0. The lowest BCUT2D eigenvalue weighted by atomic mass is 9.96. The van der Waals surface area contributed by atoms with Crippen LogP contribution in [0.1, 0.15) is 57.8 Å². The zero-order valence-corrected chi connectivity index (χ0v) is 10.2. The molecule has 1 rings (SSSR count). The van der Waals surface area contributed by atoms with Gasteiger partial charge in [0.1, 0.15) is 0 Å². The predicted octanol–water partition coefficient (Wildman–Crippen LogP) is 2.24. The number of hydrogen-bond donors (Lipinski definition) is 2. The zero-order chi connectivity index (χ0) is 11.6. The minimum absolute atomic E-state index is 0.199. The van der Waals surface area contributed by atoms with Gasteiger partial charge in [0, 0.05) is 19.6 Å². The van der Waals surface area contributed by atoms with Crippen LogP contribution in [-0.2, 0) is 4.79 Å². The van der Waals surface area contributed by atoms with Crippen molar-refractivity contribution in [3.05, 3.63) is 0 Å². The third kappa shape index (κ3) is 6.11. The average Bonchev–Trinajstić information content (AvgIpc) is 2.53. The third-order valence-corrected chi connectivity index (χ3v) is 3.36. The van der Waals surface area contributed by atoms with Crippen LogP contribution in [0.3, 0.4) is 0 Å². The monoisotopic (exact) mass is 227 g/mol. The molecule has 0 aliphatic heterocycles. The van der Waals surface area contributed by atoms with E-state index in [2.05, 4.69) is 5.32 Å². The van der Waals surface area contributed by atoms with Gasteiger partial charge in [-0.25, -0.2) is 0 Å². The van der Waals surface area contributed by atoms with Crippen molar-refractivity contribution in [3.63, 3.8) is 0 Å². The highest BCUT2D eigenvalue weighted by atomic mass is 16.2. The number of rotatable bonds is 6. The second kappa shape index (κ2) is 8.57. The Morgan fingerprint density at radius 2 is 1.81 bits per heavy atom. The van der Waals surface area contributed by atoms with Gasteiger partial charge >= 0.3 is 0 Å². The topological polar surface area (TPSA) is 49.3 Å². The normalized spacial score (nSPS) is 18.1. The Kier molecular flexibility index (Phi) is 7.23. The largest absolute Gasteiger partial charge is 0.396 e. The molecule has 1 saturated carbocycles. The van der Waals surface area contributed by atoms with Crippen molar-refractivity contribution in [1.82, 2.24) is 5.32 Å². The van der Waals surface area contributed by atoms with E-state index in [4.69, 9.17) is 5.11 Å². The molecule has 0 aromatic carbocycles. The van der Waals surface area contributed by atoms with E-state index >= 15 is 0 Å². The Balaban J connectivity index is 2.07. The minimum Gasteiger partial charge on any atom is -0.396 e. The quantitative estimate of drug-likeness (QED) is 0.540. The van der Waals surface area contributed by atoms with E-state index in [0.717, 1.165) is 12.8 Å². The molecule has 0 unspecified atom stereocenters. The smallest absolute Gasteiger partial charge is 0.220 e. The van der Waals surface area contributed by atoms with Crippen molar-refractivity contribution in [3.8, 4) is 0 Å². The van der Waals surface area contributed by atoms with Gasteiger partial charge in [0.2, 0.25) is 5.91 Å². The summed E-state index contributed by atoms with van der Waals surface area (Å²) in [6.45, 7) is 0.935. The molecule has 0 aromatic rings. The fourth-order valence-electron chi connectivity index (χ4n) is 2.37. The summed E-state index contributed by atoms with van der Waals surface area (Å²) in [5, 5.41) is 11.5. The fourth-order valence-corrected chi connectivity index (χ4v) is 2.37. The van der Waals surface area contributed by atoms with Crippen LogP contribution in [0.2, 0.25) is 0 Å². The van der Waals surface area contributed by atoms with E-state index in [0.29, 0.717) is 18.9 Å². The lowest BCUT2D eigenvalue weighted by Gasteiger charge is -2.13. The number of amides is 1. The van der Waals surface area contributed by atoms with Crippen LogP contribution >= 0.6 is 0 Å². The maximum absolute atomic E-state index is 11.6. The van der Waals surface area contributed by atoms with Gasteiger partial charge in [0.15, 0.2) is 0 Å². The van der Waals surface area contributed by atoms with Crippen LogP contribution < -0.4 is 5.32 Å². The molecule has 2 N–H and O–H groups in total. The highest BCUT2D eigenvalue weighted by Gasteiger charge is 2.15. The molecule has 0 saturated heterocycles. The minimum atomic E-state index is 0.199. The first-order valence-electron chi connectivity index (χ1n) is 6.70. The molecule has 1 aliphatic carbocycles. The summed E-state index contributed by atoms with van der Waals surface area (Å²) < 4.78 is 0. The number of nitrogens with one attached hydrogen (secondary N) is 1. The standard InChI is InChI=1S/C13H25NO2/c15-10-6-5-9-14-13(16)11-12-7-3-1-2-4-8-12/h12,15H,1-11H2,(H,14,16). The van der Waals surface area contributed by atoms with Gasteiger partial charge in [-0.1, -0.05) is 25.7 Å². The van der Waals surface area contributed by atoms with Gasteiger partial charge in [-0.15, -0.1) is 0 Å². The van der Waals surface area contributed by atoms with Crippen molar-refractivity contribution < 1.29 is 9.90 Å². The highest BCUT2D eigenvalue weighted by Crippen LogP contribution is 2.25. The van der Waals surface area contributed by atoms with Crippen molar-refractivity contribution in [2.24, 2.45) is 5.92 Å². The van der Waals surface area contributed by atoms with Crippen LogP contribution in [0.25, 0.3) is 0 Å². The van der Waals surface area contributed by atoms with Crippen LogP contribution in [0, 0.1) is 5.92 Å². The molecule has 16 heavy (non-hydrogen) atoms.